The van der Waals surface area contributed by atoms with Gasteiger partial charge in [-0.1, -0.05) is 18.2 Å². The van der Waals surface area contributed by atoms with Crippen molar-refractivity contribution in [2.24, 2.45) is 0 Å². The molecule has 0 unspecified atom stereocenters. The summed E-state index contributed by atoms with van der Waals surface area (Å²) in [4.78, 5) is 13.1. The quantitative estimate of drug-likeness (QED) is 0.559. The minimum atomic E-state index is 0.0520. The highest BCUT2D eigenvalue weighted by atomic mass is 32.1. The largest absolute Gasteiger partial charge is 0.399 e. The second kappa shape index (κ2) is 4.27. The lowest BCUT2D eigenvalue weighted by molar-refractivity contribution is 0.104. The van der Waals surface area contributed by atoms with Crippen LogP contribution in [0.15, 0.2) is 54.6 Å². The van der Waals surface area contributed by atoms with Crippen LogP contribution in [0.4, 0.5) is 5.69 Å². The minimum Gasteiger partial charge on any atom is -0.399 e. The number of carbonyl (C=O) groups excluding carboxylic acids is 1. The van der Waals surface area contributed by atoms with E-state index in [0.717, 1.165) is 15.0 Å². The van der Waals surface area contributed by atoms with Gasteiger partial charge in [0.15, 0.2) is 0 Å². The summed E-state index contributed by atoms with van der Waals surface area (Å²) < 4.78 is 1.14. The number of carbonyl (C=O) groups is 1. The number of anilines is 1. The maximum atomic E-state index is 12.3. The van der Waals surface area contributed by atoms with Gasteiger partial charge in [0.1, 0.15) is 0 Å². The number of hydrogen-bond donors (Lipinski definition) is 1. The van der Waals surface area contributed by atoms with Crippen LogP contribution in [0.1, 0.15) is 15.2 Å². The van der Waals surface area contributed by atoms with Crippen LogP contribution in [0.25, 0.3) is 10.1 Å². The van der Waals surface area contributed by atoms with Crippen molar-refractivity contribution in [1.29, 1.82) is 0 Å². The molecule has 0 bridgehead atoms. The molecule has 3 rings (SSSR count). The van der Waals surface area contributed by atoms with Gasteiger partial charge in [-0.25, -0.2) is 0 Å². The molecule has 1 heterocycles. The number of fused-ring (bicyclic) bond motifs is 1. The number of rotatable bonds is 2. The first-order valence-corrected chi connectivity index (χ1v) is 6.44. The van der Waals surface area contributed by atoms with Gasteiger partial charge < -0.3 is 5.73 Å². The molecule has 0 amide bonds. The van der Waals surface area contributed by atoms with Crippen molar-refractivity contribution in [2.45, 2.75) is 0 Å². The minimum absolute atomic E-state index is 0.0520. The van der Waals surface area contributed by atoms with E-state index in [2.05, 4.69) is 0 Å². The van der Waals surface area contributed by atoms with E-state index in [1.54, 1.807) is 24.3 Å². The van der Waals surface area contributed by atoms with E-state index >= 15 is 0 Å². The average molecular weight is 253 g/mol. The van der Waals surface area contributed by atoms with Crippen LogP contribution in [-0.4, -0.2) is 5.78 Å². The molecule has 2 aromatic carbocycles. The molecular weight excluding hydrogens is 242 g/mol. The summed E-state index contributed by atoms with van der Waals surface area (Å²) in [6.07, 6.45) is 0. The van der Waals surface area contributed by atoms with Gasteiger partial charge in [0.25, 0.3) is 0 Å². The molecule has 0 aliphatic carbocycles. The van der Waals surface area contributed by atoms with E-state index in [1.165, 1.54) is 11.3 Å². The Morgan fingerprint density at radius 3 is 2.44 bits per heavy atom. The summed E-state index contributed by atoms with van der Waals surface area (Å²) in [5.41, 5.74) is 6.96. The summed E-state index contributed by atoms with van der Waals surface area (Å²) in [6.45, 7) is 0. The first-order valence-electron chi connectivity index (χ1n) is 5.63. The molecule has 0 saturated carbocycles. The van der Waals surface area contributed by atoms with E-state index < -0.39 is 0 Å². The lowest BCUT2D eigenvalue weighted by Crippen LogP contribution is -1.98. The molecule has 0 saturated heterocycles. The molecule has 1 aromatic heterocycles. The maximum absolute atomic E-state index is 12.3. The fourth-order valence-corrected chi connectivity index (χ4v) is 2.90. The zero-order valence-electron chi connectivity index (χ0n) is 9.59. The van der Waals surface area contributed by atoms with Crippen LogP contribution in [0.5, 0.6) is 0 Å². The van der Waals surface area contributed by atoms with E-state index in [-0.39, 0.29) is 5.78 Å². The van der Waals surface area contributed by atoms with Crippen molar-refractivity contribution in [1.82, 2.24) is 0 Å². The van der Waals surface area contributed by atoms with Crippen LogP contribution in [0, 0.1) is 0 Å². The van der Waals surface area contributed by atoms with Crippen molar-refractivity contribution in [3.63, 3.8) is 0 Å². The standard InChI is InChI=1S/C15H11NOS/c16-12-7-5-10(6-8-12)15(17)14-9-11-3-1-2-4-13(11)18-14/h1-9H,16H2. The van der Waals surface area contributed by atoms with E-state index in [4.69, 9.17) is 5.73 Å². The Morgan fingerprint density at radius 2 is 1.72 bits per heavy atom. The van der Waals surface area contributed by atoms with E-state index in [0.29, 0.717) is 11.3 Å². The number of ketones is 1. The fourth-order valence-electron chi connectivity index (χ4n) is 1.87. The summed E-state index contributed by atoms with van der Waals surface area (Å²) in [6, 6.07) is 17.0. The number of nitrogen functional groups attached to an aromatic ring is 1. The third kappa shape index (κ3) is 1.89. The highest BCUT2D eigenvalue weighted by Crippen LogP contribution is 2.27. The predicted molar refractivity (Wildman–Crippen MR) is 76.1 cm³/mol. The molecule has 0 atom stereocenters. The number of thiophene rings is 1. The second-order valence-corrected chi connectivity index (χ2v) is 5.18. The SMILES string of the molecule is Nc1ccc(C(=O)c2cc3ccccc3s2)cc1. The topological polar surface area (TPSA) is 43.1 Å². The molecule has 3 aromatic rings. The van der Waals surface area contributed by atoms with Crippen LogP contribution >= 0.6 is 11.3 Å². The third-order valence-corrected chi connectivity index (χ3v) is 3.94. The van der Waals surface area contributed by atoms with Crippen LogP contribution in [0.2, 0.25) is 0 Å². The summed E-state index contributed by atoms with van der Waals surface area (Å²) in [5.74, 6) is 0.0520. The van der Waals surface area contributed by atoms with Gasteiger partial charge >= 0.3 is 0 Å². The lowest BCUT2D eigenvalue weighted by atomic mass is 10.1. The molecular formula is C15H11NOS. The number of nitrogens with two attached hydrogens (primary N) is 1. The Labute approximate surface area is 109 Å². The Kier molecular flexibility index (Phi) is 2.61. The van der Waals surface area contributed by atoms with Gasteiger partial charge in [-0.15, -0.1) is 11.3 Å². The van der Waals surface area contributed by atoms with Crippen LogP contribution < -0.4 is 5.73 Å². The normalized spacial score (nSPS) is 10.7. The van der Waals surface area contributed by atoms with E-state index in [1.807, 2.05) is 30.3 Å². The average Bonchev–Trinajstić information content (AvgIpc) is 2.82. The molecule has 2 nitrogen and oxygen atoms in total. The van der Waals surface area contributed by atoms with Crippen LogP contribution in [0.3, 0.4) is 0 Å². The first kappa shape index (κ1) is 11.0. The zero-order valence-corrected chi connectivity index (χ0v) is 10.4. The Balaban J connectivity index is 2.03. The second-order valence-electron chi connectivity index (χ2n) is 4.10. The first-order chi connectivity index (χ1) is 8.74. The molecule has 0 aliphatic rings. The van der Waals surface area contributed by atoms with E-state index in [9.17, 15) is 4.79 Å². The predicted octanol–water partition coefficient (Wildman–Crippen LogP) is 3.71. The highest BCUT2D eigenvalue weighted by molar-refractivity contribution is 7.21. The van der Waals surface area contributed by atoms with Gasteiger partial charge in [-0.05, 0) is 41.8 Å². The van der Waals surface area contributed by atoms with Gasteiger partial charge in [0, 0.05) is 16.0 Å². The zero-order chi connectivity index (χ0) is 12.5. The van der Waals surface area contributed by atoms with Crippen molar-refractivity contribution in [3.05, 3.63) is 65.0 Å². The molecule has 0 spiro atoms. The molecule has 0 aliphatic heterocycles. The Bertz CT molecular complexity index is 680. The lowest BCUT2D eigenvalue weighted by Gasteiger charge is -1.98. The molecule has 3 heteroatoms. The monoisotopic (exact) mass is 253 g/mol. The fraction of sp³-hybridized carbons (Fsp3) is 0. The summed E-state index contributed by atoms with van der Waals surface area (Å²) in [7, 11) is 0. The molecule has 0 fully saturated rings. The highest BCUT2D eigenvalue weighted by Gasteiger charge is 2.12. The smallest absolute Gasteiger partial charge is 0.202 e. The van der Waals surface area contributed by atoms with Crippen LogP contribution in [-0.2, 0) is 0 Å². The van der Waals surface area contributed by atoms with Gasteiger partial charge in [-0.2, -0.15) is 0 Å². The number of benzene rings is 2. The third-order valence-electron chi connectivity index (χ3n) is 2.82. The Morgan fingerprint density at radius 1 is 1.00 bits per heavy atom. The van der Waals surface area contributed by atoms with Crippen molar-refractivity contribution in [3.8, 4) is 0 Å². The van der Waals surface area contributed by atoms with Crippen molar-refractivity contribution >= 4 is 32.9 Å². The molecule has 18 heavy (non-hydrogen) atoms. The van der Waals surface area contributed by atoms with Crippen molar-refractivity contribution < 1.29 is 4.79 Å². The molecule has 88 valence electrons. The number of hydrogen-bond acceptors (Lipinski definition) is 3. The van der Waals surface area contributed by atoms with Gasteiger partial charge in [-0.3, -0.25) is 4.79 Å². The van der Waals surface area contributed by atoms with Gasteiger partial charge in [0.2, 0.25) is 5.78 Å². The summed E-state index contributed by atoms with van der Waals surface area (Å²) in [5, 5.41) is 1.11. The van der Waals surface area contributed by atoms with Crippen molar-refractivity contribution in [2.75, 3.05) is 5.73 Å². The Hall–Kier alpha value is -2.13. The molecule has 2 N–H and O–H groups in total. The molecule has 0 radical (unpaired) electrons. The summed E-state index contributed by atoms with van der Waals surface area (Å²) >= 11 is 1.52. The van der Waals surface area contributed by atoms with Gasteiger partial charge in [0.05, 0.1) is 4.88 Å². The maximum Gasteiger partial charge on any atom is 0.202 e.